The lowest BCUT2D eigenvalue weighted by atomic mass is 9.87. The maximum atomic E-state index is 12.0. The first kappa shape index (κ1) is 23.8. The lowest BCUT2D eigenvalue weighted by molar-refractivity contribution is -0.156. The van der Waals surface area contributed by atoms with Crippen LogP contribution in [0.3, 0.4) is 0 Å². The number of unbranched alkanes of at least 4 members (excludes halogenated alkanes) is 1. The van der Waals surface area contributed by atoms with Gasteiger partial charge in [0, 0.05) is 12.8 Å². The van der Waals surface area contributed by atoms with Crippen molar-refractivity contribution in [2.24, 2.45) is 10.8 Å². The van der Waals surface area contributed by atoms with E-state index in [1.165, 1.54) is 0 Å². The number of carbonyl (C=O) groups excluding carboxylic acids is 4. The lowest BCUT2D eigenvalue weighted by Crippen LogP contribution is -2.43. The predicted octanol–water partition coefficient (Wildman–Crippen LogP) is 2.76. The molecule has 2 fully saturated rings. The summed E-state index contributed by atoms with van der Waals surface area (Å²) in [5.41, 5.74) is -1.03. The molecule has 2 saturated heterocycles. The fourth-order valence-electron chi connectivity index (χ4n) is 2.94. The summed E-state index contributed by atoms with van der Waals surface area (Å²) in [5.74, 6) is -0.751. The van der Waals surface area contributed by atoms with Gasteiger partial charge in [-0.1, -0.05) is 13.8 Å². The third kappa shape index (κ3) is 7.07. The van der Waals surface area contributed by atoms with Crippen molar-refractivity contribution in [3.05, 3.63) is 0 Å². The number of ether oxygens (including phenoxy) is 6. The molecular formula is C20H30O10. The largest absolute Gasteiger partial charge is 0.508 e. The fraction of sp³-hybridized carbons (Fsp3) is 0.800. The molecule has 0 N–H and O–H groups in total. The molecule has 0 aromatic heterocycles. The monoisotopic (exact) mass is 430 g/mol. The molecule has 0 aromatic rings. The van der Waals surface area contributed by atoms with Gasteiger partial charge in [-0.25, -0.2) is 9.59 Å². The second-order valence-electron chi connectivity index (χ2n) is 7.89. The molecule has 0 aromatic carbocycles. The minimum absolute atomic E-state index is 0.114. The van der Waals surface area contributed by atoms with Gasteiger partial charge in [0.05, 0.1) is 10.8 Å². The van der Waals surface area contributed by atoms with Crippen molar-refractivity contribution in [2.45, 2.75) is 52.4 Å². The standard InChI is InChI=1S/C20H30O10/c1-3-19(11-27-17(23)28-12-19)9-25-15(21)7-5-6-8-16(22)26-10-20(4-2)13-29-18(24)30-14-20/h3-14H2,1-2H3. The number of hydrogen-bond acceptors (Lipinski definition) is 10. The molecule has 30 heavy (non-hydrogen) atoms. The molecule has 0 atom stereocenters. The highest BCUT2D eigenvalue weighted by molar-refractivity contribution is 5.70. The predicted molar refractivity (Wildman–Crippen MR) is 100 cm³/mol. The minimum atomic E-state index is -0.709. The van der Waals surface area contributed by atoms with Crippen LogP contribution >= 0.6 is 0 Å². The molecule has 0 radical (unpaired) electrons. The van der Waals surface area contributed by atoms with E-state index in [4.69, 9.17) is 28.4 Å². The summed E-state index contributed by atoms with van der Waals surface area (Å²) in [6, 6.07) is 0. The van der Waals surface area contributed by atoms with Crippen LogP contribution in [0.1, 0.15) is 52.4 Å². The molecule has 0 aliphatic carbocycles. The highest BCUT2D eigenvalue weighted by atomic mass is 16.7. The second-order valence-corrected chi connectivity index (χ2v) is 7.89. The van der Waals surface area contributed by atoms with E-state index in [0.29, 0.717) is 25.7 Å². The van der Waals surface area contributed by atoms with E-state index in [9.17, 15) is 19.2 Å². The molecule has 2 aliphatic rings. The first-order valence-electron chi connectivity index (χ1n) is 10.2. The van der Waals surface area contributed by atoms with Crippen molar-refractivity contribution in [1.82, 2.24) is 0 Å². The molecule has 10 heteroatoms. The van der Waals surface area contributed by atoms with Gasteiger partial charge in [0.2, 0.25) is 0 Å². The summed E-state index contributed by atoms with van der Waals surface area (Å²) in [6.45, 7) is 4.68. The van der Waals surface area contributed by atoms with Crippen LogP contribution < -0.4 is 0 Å². The smallest absolute Gasteiger partial charge is 0.465 e. The maximum Gasteiger partial charge on any atom is 0.508 e. The fourth-order valence-corrected chi connectivity index (χ4v) is 2.94. The first-order chi connectivity index (χ1) is 14.3. The Bertz CT molecular complexity index is 555. The quantitative estimate of drug-likeness (QED) is 0.274. The zero-order valence-electron chi connectivity index (χ0n) is 17.6. The van der Waals surface area contributed by atoms with Gasteiger partial charge in [-0.3, -0.25) is 9.59 Å². The first-order valence-corrected chi connectivity index (χ1v) is 10.2. The molecule has 10 nitrogen and oxygen atoms in total. The van der Waals surface area contributed by atoms with Gasteiger partial charge < -0.3 is 28.4 Å². The van der Waals surface area contributed by atoms with Gasteiger partial charge >= 0.3 is 24.2 Å². The van der Waals surface area contributed by atoms with E-state index in [-0.39, 0.29) is 64.4 Å². The van der Waals surface area contributed by atoms with Gasteiger partial charge in [-0.15, -0.1) is 0 Å². The van der Waals surface area contributed by atoms with Crippen molar-refractivity contribution >= 4 is 24.2 Å². The minimum Gasteiger partial charge on any atom is -0.465 e. The Hall–Kier alpha value is -2.52. The SMILES string of the molecule is CCC1(COC(=O)CCCCC(=O)OCC2(CC)COC(=O)OC2)COC(=O)OC1. The summed E-state index contributed by atoms with van der Waals surface area (Å²) < 4.78 is 30.2. The van der Waals surface area contributed by atoms with E-state index in [1.807, 2.05) is 13.8 Å². The van der Waals surface area contributed by atoms with E-state index in [2.05, 4.69) is 0 Å². The van der Waals surface area contributed by atoms with Crippen LogP contribution in [0.4, 0.5) is 9.59 Å². The number of hydrogen-bond donors (Lipinski definition) is 0. The molecule has 2 rings (SSSR count). The maximum absolute atomic E-state index is 12.0. The average molecular weight is 430 g/mol. The normalized spacial score (nSPS) is 19.5. The molecule has 0 unspecified atom stereocenters. The summed E-state index contributed by atoms with van der Waals surface area (Å²) >= 11 is 0. The van der Waals surface area contributed by atoms with Crippen LogP contribution in [-0.4, -0.2) is 63.9 Å². The number of esters is 2. The van der Waals surface area contributed by atoms with E-state index < -0.39 is 23.1 Å². The molecule has 0 bridgehead atoms. The zero-order valence-corrected chi connectivity index (χ0v) is 17.6. The van der Waals surface area contributed by atoms with Crippen molar-refractivity contribution in [3.63, 3.8) is 0 Å². The van der Waals surface area contributed by atoms with Crippen molar-refractivity contribution in [3.8, 4) is 0 Å². The van der Waals surface area contributed by atoms with Crippen LogP contribution in [0.5, 0.6) is 0 Å². The van der Waals surface area contributed by atoms with Gasteiger partial charge in [0.25, 0.3) is 0 Å². The molecule has 2 aliphatic heterocycles. The Balaban J connectivity index is 1.59. The van der Waals surface area contributed by atoms with Crippen LogP contribution in [0, 0.1) is 10.8 Å². The summed E-state index contributed by atoms with van der Waals surface area (Å²) in [7, 11) is 0. The summed E-state index contributed by atoms with van der Waals surface area (Å²) in [6.07, 6.45) is 1.19. The number of cyclic esters (lactones) is 4. The highest BCUT2D eigenvalue weighted by Gasteiger charge is 2.38. The van der Waals surface area contributed by atoms with Crippen molar-refractivity contribution < 1.29 is 47.6 Å². The Labute approximate surface area is 175 Å². The lowest BCUT2D eigenvalue weighted by Gasteiger charge is -2.34. The second kappa shape index (κ2) is 11.0. The van der Waals surface area contributed by atoms with Crippen LogP contribution in [0.2, 0.25) is 0 Å². The van der Waals surface area contributed by atoms with E-state index in [0.717, 1.165) is 0 Å². The topological polar surface area (TPSA) is 124 Å². The third-order valence-electron chi connectivity index (χ3n) is 5.58. The van der Waals surface area contributed by atoms with Gasteiger partial charge in [0.15, 0.2) is 0 Å². The van der Waals surface area contributed by atoms with Crippen LogP contribution in [-0.2, 0) is 38.0 Å². The Kier molecular flexibility index (Phi) is 8.73. The van der Waals surface area contributed by atoms with Crippen molar-refractivity contribution in [1.29, 1.82) is 0 Å². The third-order valence-corrected chi connectivity index (χ3v) is 5.58. The molecule has 0 spiro atoms. The number of rotatable bonds is 11. The molecule has 170 valence electrons. The van der Waals surface area contributed by atoms with Crippen LogP contribution in [0.15, 0.2) is 0 Å². The van der Waals surface area contributed by atoms with Crippen molar-refractivity contribution in [2.75, 3.05) is 39.6 Å². The molecular weight excluding hydrogens is 400 g/mol. The van der Waals surface area contributed by atoms with Crippen LogP contribution in [0.25, 0.3) is 0 Å². The van der Waals surface area contributed by atoms with Gasteiger partial charge in [-0.2, -0.15) is 0 Å². The molecule has 0 saturated carbocycles. The molecule has 2 heterocycles. The number of carbonyl (C=O) groups is 4. The Morgan fingerprint density at radius 1 is 0.733 bits per heavy atom. The molecule has 0 amide bonds. The van der Waals surface area contributed by atoms with Gasteiger partial charge in [-0.05, 0) is 25.7 Å². The van der Waals surface area contributed by atoms with E-state index >= 15 is 0 Å². The summed E-state index contributed by atoms with van der Waals surface area (Å²) in [4.78, 5) is 45.9. The Morgan fingerprint density at radius 3 is 1.37 bits per heavy atom. The van der Waals surface area contributed by atoms with E-state index in [1.54, 1.807) is 0 Å². The Morgan fingerprint density at radius 2 is 1.07 bits per heavy atom. The van der Waals surface area contributed by atoms with Gasteiger partial charge in [0.1, 0.15) is 39.6 Å². The highest BCUT2D eigenvalue weighted by Crippen LogP contribution is 2.28. The average Bonchev–Trinajstić information content (AvgIpc) is 2.76. The summed E-state index contributed by atoms with van der Waals surface area (Å²) in [5, 5.41) is 0. The zero-order chi connectivity index (χ0) is 22.0.